The number of aryl methyl sites for hydroxylation is 2. The van der Waals surface area contributed by atoms with Crippen molar-refractivity contribution in [2.45, 2.75) is 46.0 Å². The van der Waals surface area contributed by atoms with Crippen molar-refractivity contribution < 1.29 is 4.79 Å². The van der Waals surface area contributed by atoms with E-state index in [2.05, 4.69) is 37.4 Å². The first-order valence-electron chi connectivity index (χ1n) is 8.21. The molecule has 0 saturated carbocycles. The summed E-state index contributed by atoms with van der Waals surface area (Å²) in [7, 11) is 0. The smallest absolute Gasteiger partial charge is 0.265 e. The van der Waals surface area contributed by atoms with E-state index in [0.717, 1.165) is 35.7 Å². The molecule has 1 atom stereocenters. The molecule has 2 aromatic rings. The lowest BCUT2D eigenvalue weighted by molar-refractivity contribution is 0.103. The largest absolute Gasteiger partial charge is 0.321 e. The van der Waals surface area contributed by atoms with Crippen molar-refractivity contribution in [3.05, 3.63) is 51.2 Å². The van der Waals surface area contributed by atoms with Gasteiger partial charge in [0.05, 0.1) is 4.88 Å². The van der Waals surface area contributed by atoms with Gasteiger partial charge < -0.3 is 5.32 Å². The normalized spacial score (nSPS) is 17.1. The lowest BCUT2D eigenvalue weighted by atomic mass is 9.87. The minimum absolute atomic E-state index is 0.0284. The fraction of sp³-hybridized carbons (Fsp3) is 0.421. The molecule has 0 unspecified atom stereocenters. The summed E-state index contributed by atoms with van der Waals surface area (Å²) >= 11 is 1.67. The van der Waals surface area contributed by atoms with Crippen molar-refractivity contribution in [2.24, 2.45) is 5.92 Å². The maximum Gasteiger partial charge on any atom is 0.265 e. The first-order chi connectivity index (χ1) is 10.7. The zero-order chi connectivity index (χ0) is 15.5. The Kier molecular flexibility index (Phi) is 4.63. The Morgan fingerprint density at radius 3 is 2.95 bits per heavy atom. The van der Waals surface area contributed by atoms with Crippen molar-refractivity contribution in [3.8, 4) is 0 Å². The molecule has 0 saturated heterocycles. The number of hydrogen-bond donors (Lipinski definition) is 1. The summed E-state index contributed by atoms with van der Waals surface area (Å²) in [5.41, 5.74) is 3.53. The summed E-state index contributed by atoms with van der Waals surface area (Å²) in [5, 5.41) is 3.04. The van der Waals surface area contributed by atoms with Crippen LogP contribution in [0.25, 0.3) is 0 Å². The second-order valence-electron chi connectivity index (χ2n) is 6.08. The van der Waals surface area contributed by atoms with Gasteiger partial charge in [-0.25, -0.2) is 0 Å². The molecule has 3 rings (SSSR count). The minimum Gasteiger partial charge on any atom is -0.321 e. The van der Waals surface area contributed by atoms with E-state index in [4.69, 9.17) is 0 Å². The summed E-state index contributed by atoms with van der Waals surface area (Å²) in [4.78, 5) is 14.7. The van der Waals surface area contributed by atoms with E-state index in [-0.39, 0.29) is 5.91 Å². The van der Waals surface area contributed by atoms with Crippen LogP contribution in [0.4, 0.5) is 5.69 Å². The Labute approximate surface area is 136 Å². The highest BCUT2D eigenvalue weighted by Gasteiger charge is 2.22. The van der Waals surface area contributed by atoms with Crippen LogP contribution < -0.4 is 5.32 Å². The van der Waals surface area contributed by atoms with Crippen LogP contribution in [-0.4, -0.2) is 5.91 Å². The zero-order valence-corrected chi connectivity index (χ0v) is 14.1. The van der Waals surface area contributed by atoms with Crippen molar-refractivity contribution in [3.63, 3.8) is 0 Å². The summed E-state index contributed by atoms with van der Waals surface area (Å²) in [6.07, 6.45) is 5.76. The number of carbonyl (C=O) groups is 1. The quantitative estimate of drug-likeness (QED) is 0.838. The number of hydrogen-bond acceptors (Lipinski definition) is 2. The van der Waals surface area contributed by atoms with Gasteiger partial charge in [0.25, 0.3) is 5.91 Å². The van der Waals surface area contributed by atoms with E-state index in [1.807, 2.05) is 12.1 Å². The van der Waals surface area contributed by atoms with Gasteiger partial charge in [-0.05, 0) is 60.9 Å². The second kappa shape index (κ2) is 6.66. The SMILES string of the molecule is CCc1cccc(NC(=O)c2cc3c(s2)CC[C@@H](CC)C3)c1. The lowest BCUT2D eigenvalue weighted by Gasteiger charge is -2.19. The predicted octanol–water partition coefficient (Wildman–Crippen LogP) is 5.08. The van der Waals surface area contributed by atoms with E-state index < -0.39 is 0 Å². The Morgan fingerprint density at radius 1 is 1.32 bits per heavy atom. The third kappa shape index (κ3) is 3.25. The van der Waals surface area contributed by atoms with Crippen LogP contribution in [0.15, 0.2) is 30.3 Å². The maximum absolute atomic E-state index is 12.5. The number of fused-ring (bicyclic) bond motifs is 1. The molecule has 1 N–H and O–H groups in total. The van der Waals surface area contributed by atoms with Gasteiger partial charge in [-0.15, -0.1) is 11.3 Å². The molecule has 1 aromatic heterocycles. The second-order valence-corrected chi connectivity index (χ2v) is 7.22. The molecular weight excluding hydrogens is 290 g/mol. The molecule has 1 aliphatic rings. The lowest BCUT2D eigenvalue weighted by Crippen LogP contribution is -2.11. The van der Waals surface area contributed by atoms with Gasteiger partial charge >= 0.3 is 0 Å². The fourth-order valence-electron chi connectivity index (χ4n) is 3.12. The van der Waals surface area contributed by atoms with Crippen LogP contribution in [0.1, 0.15) is 52.4 Å². The Morgan fingerprint density at radius 2 is 2.18 bits per heavy atom. The Balaban J connectivity index is 1.74. The van der Waals surface area contributed by atoms with Crippen molar-refractivity contribution in [1.82, 2.24) is 0 Å². The van der Waals surface area contributed by atoms with Gasteiger partial charge in [0.2, 0.25) is 0 Å². The monoisotopic (exact) mass is 313 g/mol. The highest BCUT2D eigenvalue weighted by Crippen LogP contribution is 2.33. The summed E-state index contributed by atoms with van der Waals surface area (Å²) in [6, 6.07) is 10.2. The topological polar surface area (TPSA) is 29.1 Å². The van der Waals surface area contributed by atoms with E-state index in [1.165, 1.54) is 28.8 Å². The summed E-state index contributed by atoms with van der Waals surface area (Å²) < 4.78 is 0. The highest BCUT2D eigenvalue weighted by atomic mass is 32.1. The summed E-state index contributed by atoms with van der Waals surface area (Å²) in [6.45, 7) is 4.38. The number of rotatable bonds is 4. The number of anilines is 1. The van der Waals surface area contributed by atoms with Crippen molar-refractivity contribution in [1.29, 1.82) is 0 Å². The van der Waals surface area contributed by atoms with Crippen LogP contribution in [-0.2, 0) is 19.3 Å². The summed E-state index contributed by atoms with van der Waals surface area (Å²) in [5.74, 6) is 0.819. The van der Waals surface area contributed by atoms with Gasteiger partial charge in [-0.1, -0.05) is 32.4 Å². The molecule has 1 heterocycles. The standard InChI is InChI=1S/C19H23NOS/c1-3-13-6-5-7-16(11-13)20-19(21)18-12-15-10-14(4-2)8-9-17(15)22-18/h5-7,11-12,14H,3-4,8-10H2,1-2H3,(H,20,21)/t14-/m1/s1. The van der Waals surface area contributed by atoms with Crippen molar-refractivity contribution >= 4 is 22.9 Å². The average Bonchev–Trinajstić information content (AvgIpc) is 2.98. The van der Waals surface area contributed by atoms with Gasteiger partial charge in [0.1, 0.15) is 0 Å². The molecule has 1 aliphatic carbocycles. The molecule has 0 spiro atoms. The molecule has 0 aliphatic heterocycles. The van der Waals surface area contributed by atoms with Crippen LogP contribution in [0.3, 0.4) is 0 Å². The highest BCUT2D eigenvalue weighted by molar-refractivity contribution is 7.14. The van der Waals surface area contributed by atoms with Crippen molar-refractivity contribution in [2.75, 3.05) is 5.32 Å². The molecule has 0 radical (unpaired) electrons. The van der Waals surface area contributed by atoms with Crippen LogP contribution in [0.2, 0.25) is 0 Å². The molecule has 2 nitrogen and oxygen atoms in total. The molecule has 22 heavy (non-hydrogen) atoms. The first kappa shape index (κ1) is 15.3. The molecular formula is C19H23NOS. The molecule has 116 valence electrons. The van der Waals surface area contributed by atoms with Gasteiger partial charge in [-0.2, -0.15) is 0 Å². The van der Waals surface area contributed by atoms with E-state index in [0.29, 0.717) is 0 Å². The van der Waals surface area contributed by atoms with Gasteiger partial charge in [0, 0.05) is 10.6 Å². The molecule has 0 fully saturated rings. The molecule has 3 heteroatoms. The zero-order valence-electron chi connectivity index (χ0n) is 13.3. The van der Waals surface area contributed by atoms with E-state index in [9.17, 15) is 4.79 Å². The number of carbonyl (C=O) groups excluding carboxylic acids is 1. The molecule has 1 aromatic carbocycles. The van der Waals surface area contributed by atoms with E-state index >= 15 is 0 Å². The maximum atomic E-state index is 12.5. The van der Waals surface area contributed by atoms with Gasteiger partial charge in [-0.3, -0.25) is 4.79 Å². The number of amides is 1. The fourth-order valence-corrected chi connectivity index (χ4v) is 4.22. The van der Waals surface area contributed by atoms with Gasteiger partial charge in [0.15, 0.2) is 0 Å². The minimum atomic E-state index is 0.0284. The Bertz CT molecular complexity index is 674. The third-order valence-electron chi connectivity index (χ3n) is 4.58. The molecule has 1 amide bonds. The van der Waals surface area contributed by atoms with Crippen LogP contribution >= 0.6 is 11.3 Å². The first-order valence-corrected chi connectivity index (χ1v) is 9.03. The number of nitrogens with one attached hydrogen (secondary N) is 1. The number of thiophene rings is 1. The predicted molar refractivity (Wildman–Crippen MR) is 93.9 cm³/mol. The van der Waals surface area contributed by atoms with Crippen LogP contribution in [0.5, 0.6) is 0 Å². The average molecular weight is 313 g/mol. The molecule has 0 bridgehead atoms. The number of benzene rings is 1. The van der Waals surface area contributed by atoms with Crippen LogP contribution in [0, 0.1) is 5.92 Å². The Hall–Kier alpha value is -1.61. The van der Waals surface area contributed by atoms with E-state index in [1.54, 1.807) is 11.3 Å². The third-order valence-corrected chi connectivity index (χ3v) is 5.81.